The van der Waals surface area contributed by atoms with Crippen LogP contribution in [0.2, 0.25) is 0 Å². The van der Waals surface area contributed by atoms with Crippen LogP contribution in [0.1, 0.15) is 11.1 Å². The van der Waals surface area contributed by atoms with Gasteiger partial charge in [0.2, 0.25) is 0 Å². The van der Waals surface area contributed by atoms with E-state index in [0.717, 1.165) is 29.1 Å². The third kappa shape index (κ3) is 5.16. The second-order valence-electron chi connectivity index (χ2n) is 4.84. The summed E-state index contributed by atoms with van der Waals surface area (Å²) in [6.45, 7) is 4.41. The number of ether oxygens (including phenoxy) is 2. The van der Waals surface area contributed by atoms with Gasteiger partial charge in [-0.05, 0) is 36.8 Å². The largest absolute Gasteiger partial charge is 0.457 e. The Hall–Kier alpha value is -1.36. The molecule has 0 fully saturated rings. The number of methoxy groups -OCH3 is 1. The standard InChI is InChI=1S/C17H20BrNO2/c1-13-3-6-15(7-4-13)21-16-8-5-14(17(18)11-16)12-19-9-10-20-2/h3-8,11,19H,9-10,12H2,1-2H3. The summed E-state index contributed by atoms with van der Waals surface area (Å²) in [7, 11) is 1.70. The fraction of sp³-hybridized carbons (Fsp3) is 0.294. The lowest BCUT2D eigenvalue weighted by Crippen LogP contribution is -2.18. The van der Waals surface area contributed by atoms with Gasteiger partial charge in [-0.1, -0.05) is 39.7 Å². The highest BCUT2D eigenvalue weighted by atomic mass is 79.9. The Bertz CT molecular complexity index is 570. The molecule has 4 heteroatoms. The summed E-state index contributed by atoms with van der Waals surface area (Å²) in [5.41, 5.74) is 2.42. The van der Waals surface area contributed by atoms with Crippen LogP contribution >= 0.6 is 15.9 Å². The molecular weight excluding hydrogens is 330 g/mol. The lowest BCUT2D eigenvalue weighted by atomic mass is 10.2. The van der Waals surface area contributed by atoms with Crippen molar-refractivity contribution in [1.29, 1.82) is 0 Å². The predicted octanol–water partition coefficient (Wildman–Crippen LogP) is 4.29. The average molecular weight is 350 g/mol. The van der Waals surface area contributed by atoms with Crippen molar-refractivity contribution in [2.24, 2.45) is 0 Å². The Kier molecular flexibility index (Phi) is 6.23. The molecule has 0 aromatic heterocycles. The molecule has 0 aliphatic carbocycles. The Morgan fingerprint density at radius 2 is 1.76 bits per heavy atom. The molecule has 2 rings (SSSR count). The third-order valence-corrected chi connectivity index (χ3v) is 3.82. The molecule has 0 heterocycles. The van der Waals surface area contributed by atoms with Gasteiger partial charge >= 0.3 is 0 Å². The first-order valence-electron chi connectivity index (χ1n) is 6.91. The van der Waals surface area contributed by atoms with Gasteiger partial charge < -0.3 is 14.8 Å². The maximum absolute atomic E-state index is 5.84. The first-order chi connectivity index (χ1) is 10.2. The Morgan fingerprint density at radius 3 is 2.43 bits per heavy atom. The monoisotopic (exact) mass is 349 g/mol. The summed E-state index contributed by atoms with van der Waals surface area (Å²) in [5, 5.41) is 3.32. The number of halogens is 1. The van der Waals surface area contributed by atoms with Gasteiger partial charge in [-0.3, -0.25) is 0 Å². The highest BCUT2D eigenvalue weighted by Gasteiger charge is 2.03. The van der Waals surface area contributed by atoms with Crippen molar-refractivity contribution in [2.45, 2.75) is 13.5 Å². The minimum atomic E-state index is 0.715. The van der Waals surface area contributed by atoms with Crippen LogP contribution in [-0.2, 0) is 11.3 Å². The molecule has 0 bridgehead atoms. The number of rotatable bonds is 7. The van der Waals surface area contributed by atoms with E-state index in [-0.39, 0.29) is 0 Å². The quantitative estimate of drug-likeness (QED) is 0.756. The lowest BCUT2D eigenvalue weighted by molar-refractivity contribution is 0.199. The van der Waals surface area contributed by atoms with E-state index in [1.807, 2.05) is 36.4 Å². The molecule has 0 saturated heterocycles. The van der Waals surface area contributed by atoms with Crippen molar-refractivity contribution in [3.63, 3.8) is 0 Å². The van der Waals surface area contributed by atoms with E-state index in [2.05, 4.69) is 34.2 Å². The lowest BCUT2D eigenvalue weighted by Gasteiger charge is -2.10. The van der Waals surface area contributed by atoms with Crippen LogP contribution in [0.3, 0.4) is 0 Å². The molecule has 2 aromatic carbocycles. The summed E-state index contributed by atoms with van der Waals surface area (Å²) in [6, 6.07) is 14.1. The van der Waals surface area contributed by atoms with Gasteiger partial charge in [-0.2, -0.15) is 0 Å². The van der Waals surface area contributed by atoms with E-state index in [1.54, 1.807) is 7.11 Å². The Balaban J connectivity index is 1.96. The van der Waals surface area contributed by atoms with Gasteiger partial charge in [0, 0.05) is 24.7 Å². The van der Waals surface area contributed by atoms with E-state index < -0.39 is 0 Å². The smallest absolute Gasteiger partial charge is 0.128 e. The first-order valence-corrected chi connectivity index (χ1v) is 7.71. The molecule has 0 unspecified atom stereocenters. The average Bonchev–Trinajstić information content (AvgIpc) is 2.48. The van der Waals surface area contributed by atoms with E-state index in [9.17, 15) is 0 Å². The minimum Gasteiger partial charge on any atom is -0.457 e. The molecule has 0 saturated carbocycles. The van der Waals surface area contributed by atoms with Crippen LogP contribution in [-0.4, -0.2) is 20.3 Å². The topological polar surface area (TPSA) is 30.5 Å². The van der Waals surface area contributed by atoms with Gasteiger partial charge in [0.05, 0.1) is 6.61 Å². The third-order valence-electron chi connectivity index (χ3n) is 3.08. The van der Waals surface area contributed by atoms with Gasteiger partial charge in [0.25, 0.3) is 0 Å². The van der Waals surface area contributed by atoms with Gasteiger partial charge in [0.15, 0.2) is 0 Å². The molecule has 0 atom stereocenters. The maximum Gasteiger partial charge on any atom is 0.128 e. The fourth-order valence-corrected chi connectivity index (χ4v) is 2.37. The van der Waals surface area contributed by atoms with Crippen LogP contribution in [0, 0.1) is 6.92 Å². The molecular formula is C17H20BrNO2. The molecule has 3 nitrogen and oxygen atoms in total. The summed E-state index contributed by atoms with van der Waals surface area (Å²) in [6.07, 6.45) is 0. The summed E-state index contributed by atoms with van der Waals surface area (Å²) < 4.78 is 11.9. The van der Waals surface area contributed by atoms with E-state index in [0.29, 0.717) is 6.61 Å². The van der Waals surface area contributed by atoms with Crippen LogP contribution in [0.5, 0.6) is 11.5 Å². The number of hydrogen-bond donors (Lipinski definition) is 1. The van der Waals surface area contributed by atoms with Crippen molar-refractivity contribution in [3.05, 3.63) is 58.1 Å². The molecule has 0 radical (unpaired) electrons. The van der Waals surface area contributed by atoms with Crippen LogP contribution in [0.4, 0.5) is 0 Å². The van der Waals surface area contributed by atoms with Crippen molar-refractivity contribution in [1.82, 2.24) is 5.32 Å². The fourth-order valence-electron chi connectivity index (χ4n) is 1.87. The maximum atomic E-state index is 5.84. The molecule has 0 amide bonds. The first kappa shape index (κ1) is 16.0. The van der Waals surface area contributed by atoms with E-state index in [4.69, 9.17) is 9.47 Å². The molecule has 0 aliphatic heterocycles. The summed E-state index contributed by atoms with van der Waals surface area (Å²) in [4.78, 5) is 0. The minimum absolute atomic E-state index is 0.715. The number of aryl methyl sites for hydroxylation is 1. The SMILES string of the molecule is COCCNCc1ccc(Oc2ccc(C)cc2)cc1Br. The zero-order valence-corrected chi connectivity index (χ0v) is 13.9. The van der Waals surface area contributed by atoms with Crippen LogP contribution < -0.4 is 10.1 Å². The molecule has 0 spiro atoms. The van der Waals surface area contributed by atoms with Crippen molar-refractivity contribution in [3.8, 4) is 11.5 Å². The van der Waals surface area contributed by atoms with E-state index in [1.165, 1.54) is 11.1 Å². The number of nitrogens with one attached hydrogen (secondary N) is 1. The Morgan fingerprint density at radius 1 is 1.05 bits per heavy atom. The summed E-state index contributed by atoms with van der Waals surface area (Å²) in [5.74, 6) is 1.67. The van der Waals surface area contributed by atoms with Crippen molar-refractivity contribution >= 4 is 15.9 Å². The second-order valence-corrected chi connectivity index (χ2v) is 5.69. The van der Waals surface area contributed by atoms with Crippen LogP contribution in [0.15, 0.2) is 46.9 Å². The number of hydrogen-bond acceptors (Lipinski definition) is 3. The van der Waals surface area contributed by atoms with Crippen molar-refractivity contribution in [2.75, 3.05) is 20.3 Å². The normalized spacial score (nSPS) is 10.6. The second kappa shape index (κ2) is 8.17. The highest BCUT2D eigenvalue weighted by Crippen LogP contribution is 2.27. The molecule has 21 heavy (non-hydrogen) atoms. The molecule has 1 N–H and O–H groups in total. The van der Waals surface area contributed by atoms with E-state index >= 15 is 0 Å². The highest BCUT2D eigenvalue weighted by molar-refractivity contribution is 9.10. The van der Waals surface area contributed by atoms with Gasteiger partial charge in [0.1, 0.15) is 11.5 Å². The molecule has 2 aromatic rings. The Labute approximate surface area is 134 Å². The number of benzene rings is 2. The zero-order chi connectivity index (χ0) is 15.1. The summed E-state index contributed by atoms with van der Waals surface area (Å²) >= 11 is 3.59. The van der Waals surface area contributed by atoms with Gasteiger partial charge in [-0.15, -0.1) is 0 Å². The predicted molar refractivity (Wildman–Crippen MR) is 89.0 cm³/mol. The van der Waals surface area contributed by atoms with Gasteiger partial charge in [-0.25, -0.2) is 0 Å². The zero-order valence-electron chi connectivity index (χ0n) is 12.4. The molecule has 112 valence electrons. The van der Waals surface area contributed by atoms with Crippen LogP contribution in [0.25, 0.3) is 0 Å². The molecule has 0 aliphatic rings. The van der Waals surface area contributed by atoms with Crippen molar-refractivity contribution < 1.29 is 9.47 Å².